The van der Waals surface area contributed by atoms with Crippen molar-refractivity contribution in [1.82, 2.24) is 9.80 Å². The third-order valence-corrected chi connectivity index (χ3v) is 4.50. The fourth-order valence-corrected chi connectivity index (χ4v) is 2.96. The summed E-state index contributed by atoms with van der Waals surface area (Å²) in [5.74, 6) is 0.103. The summed E-state index contributed by atoms with van der Waals surface area (Å²) in [6.45, 7) is 10.4. The second-order valence-corrected chi connectivity index (χ2v) is 7.69. The number of anilines is 1. The highest BCUT2D eigenvalue weighted by Gasteiger charge is 2.32. The molecule has 1 atom stereocenters. The van der Waals surface area contributed by atoms with Crippen LogP contribution >= 0.6 is 11.6 Å². The smallest absolute Gasteiger partial charge is 0.241 e. The van der Waals surface area contributed by atoms with Crippen molar-refractivity contribution in [2.75, 3.05) is 31.5 Å². The highest BCUT2D eigenvalue weighted by atomic mass is 35.5. The Morgan fingerprint density at radius 2 is 1.79 bits per heavy atom. The molecule has 0 radical (unpaired) electrons. The predicted octanol–water partition coefficient (Wildman–Crippen LogP) is 2.86. The van der Waals surface area contributed by atoms with Gasteiger partial charge in [-0.25, -0.2) is 0 Å². The minimum atomic E-state index is -0.363. The van der Waals surface area contributed by atoms with Crippen molar-refractivity contribution in [3.05, 3.63) is 29.3 Å². The lowest BCUT2D eigenvalue weighted by molar-refractivity contribution is -0.141. The number of carbonyl (C=O) groups is 2. The molecule has 2 rings (SSSR count). The molecule has 6 heteroatoms. The Morgan fingerprint density at radius 1 is 1.17 bits per heavy atom. The average molecular weight is 352 g/mol. The van der Waals surface area contributed by atoms with Crippen molar-refractivity contribution in [3.8, 4) is 0 Å². The molecule has 1 N–H and O–H groups in total. The SMILES string of the molecule is CC(C(=O)Nc1cccc(Cl)c1)N1CCN(C(=O)C(C)(C)C)CC1. The highest BCUT2D eigenvalue weighted by molar-refractivity contribution is 6.30. The van der Waals surface area contributed by atoms with Gasteiger partial charge in [0.1, 0.15) is 0 Å². The molecule has 0 spiro atoms. The number of amides is 2. The summed E-state index contributed by atoms with van der Waals surface area (Å²) in [6, 6.07) is 6.87. The number of hydrogen-bond acceptors (Lipinski definition) is 3. The van der Waals surface area contributed by atoms with Crippen LogP contribution < -0.4 is 5.32 Å². The lowest BCUT2D eigenvalue weighted by Gasteiger charge is -2.39. The molecule has 1 aromatic carbocycles. The van der Waals surface area contributed by atoms with Crippen molar-refractivity contribution < 1.29 is 9.59 Å². The Labute approximate surface area is 149 Å². The van der Waals surface area contributed by atoms with Gasteiger partial charge in [-0.1, -0.05) is 38.4 Å². The van der Waals surface area contributed by atoms with Crippen LogP contribution in [0.4, 0.5) is 5.69 Å². The van der Waals surface area contributed by atoms with Gasteiger partial charge in [0.2, 0.25) is 11.8 Å². The first-order valence-corrected chi connectivity index (χ1v) is 8.66. The Morgan fingerprint density at radius 3 is 2.33 bits per heavy atom. The van der Waals surface area contributed by atoms with E-state index in [0.717, 1.165) is 0 Å². The molecule has 1 saturated heterocycles. The van der Waals surface area contributed by atoms with E-state index < -0.39 is 0 Å². The van der Waals surface area contributed by atoms with E-state index in [9.17, 15) is 9.59 Å². The molecule has 1 heterocycles. The number of piperazine rings is 1. The van der Waals surface area contributed by atoms with E-state index in [2.05, 4.69) is 10.2 Å². The van der Waals surface area contributed by atoms with E-state index in [0.29, 0.717) is 36.9 Å². The van der Waals surface area contributed by atoms with Crippen LogP contribution in [-0.2, 0) is 9.59 Å². The van der Waals surface area contributed by atoms with E-state index in [4.69, 9.17) is 11.6 Å². The van der Waals surface area contributed by atoms with Crippen LogP contribution in [-0.4, -0.2) is 53.8 Å². The number of rotatable bonds is 3. The average Bonchev–Trinajstić information content (AvgIpc) is 2.52. The highest BCUT2D eigenvalue weighted by Crippen LogP contribution is 2.20. The molecule has 1 aliphatic heterocycles. The lowest BCUT2D eigenvalue weighted by atomic mass is 9.94. The fraction of sp³-hybridized carbons (Fsp3) is 0.556. The van der Waals surface area contributed by atoms with Gasteiger partial charge < -0.3 is 10.2 Å². The molecule has 1 fully saturated rings. The Balaban J connectivity index is 1.89. The summed E-state index contributed by atoms with van der Waals surface area (Å²) in [5, 5.41) is 3.48. The molecular formula is C18H26ClN3O2. The molecule has 2 amide bonds. The van der Waals surface area contributed by atoms with Crippen molar-refractivity contribution >= 4 is 29.1 Å². The van der Waals surface area contributed by atoms with Crippen LogP contribution in [0.3, 0.4) is 0 Å². The van der Waals surface area contributed by atoms with E-state index >= 15 is 0 Å². The number of halogens is 1. The zero-order valence-corrected chi connectivity index (χ0v) is 15.6. The molecule has 24 heavy (non-hydrogen) atoms. The second-order valence-electron chi connectivity index (χ2n) is 7.25. The van der Waals surface area contributed by atoms with Crippen LogP contribution in [0, 0.1) is 5.41 Å². The van der Waals surface area contributed by atoms with Gasteiger partial charge >= 0.3 is 0 Å². The van der Waals surface area contributed by atoms with Crippen LogP contribution in [0.5, 0.6) is 0 Å². The Kier molecular flexibility index (Phi) is 5.88. The van der Waals surface area contributed by atoms with Crippen molar-refractivity contribution in [2.24, 2.45) is 5.41 Å². The molecule has 1 aromatic rings. The zero-order valence-electron chi connectivity index (χ0n) is 14.8. The van der Waals surface area contributed by atoms with E-state index in [1.807, 2.05) is 38.7 Å². The quantitative estimate of drug-likeness (QED) is 0.911. The zero-order chi connectivity index (χ0) is 17.9. The number of carbonyl (C=O) groups excluding carboxylic acids is 2. The summed E-state index contributed by atoms with van der Waals surface area (Å²) in [6.07, 6.45) is 0. The van der Waals surface area contributed by atoms with Gasteiger partial charge in [-0.2, -0.15) is 0 Å². The molecule has 1 aliphatic rings. The number of nitrogens with zero attached hydrogens (tertiary/aromatic N) is 2. The Hall–Kier alpha value is -1.59. The van der Waals surface area contributed by atoms with Crippen LogP contribution in [0.15, 0.2) is 24.3 Å². The van der Waals surface area contributed by atoms with E-state index in [1.54, 1.807) is 18.2 Å². The summed E-state index contributed by atoms with van der Waals surface area (Å²) >= 11 is 5.94. The van der Waals surface area contributed by atoms with Crippen molar-refractivity contribution in [2.45, 2.75) is 33.7 Å². The van der Waals surface area contributed by atoms with E-state index in [-0.39, 0.29) is 23.3 Å². The minimum absolute atomic E-state index is 0.0622. The summed E-state index contributed by atoms with van der Waals surface area (Å²) in [5.41, 5.74) is 0.332. The number of benzene rings is 1. The molecule has 0 bridgehead atoms. The Bertz CT molecular complexity index is 605. The molecule has 0 aliphatic carbocycles. The second kappa shape index (κ2) is 7.53. The van der Waals surface area contributed by atoms with Gasteiger partial charge in [0, 0.05) is 42.3 Å². The molecule has 132 valence electrons. The molecule has 0 aromatic heterocycles. The maximum absolute atomic E-state index is 12.4. The fourth-order valence-electron chi connectivity index (χ4n) is 2.77. The van der Waals surface area contributed by atoms with E-state index in [1.165, 1.54) is 0 Å². The minimum Gasteiger partial charge on any atom is -0.340 e. The van der Waals surface area contributed by atoms with Gasteiger partial charge in [0.25, 0.3) is 0 Å². The molecular weight excluding hydrogens is 326 g/mol. The maximum Gasteiger partial charge on any atom is 0.241 e. The summed E-state index contributed by atoms with van der Waals surface area (Å²) < 4.78 is 0. The van der Waals surface area contributed by atoms with Crippen molar-refractivity contribution in [3.63, 3.8) is 0 Å². The van der Waals surface area contributed by atoms with Gasteiger partial charge in [0.05, 0.1) is 6.04 Å². The first kappa shape index (κ1) is 18.7. The third-order valence-electron chi connectivity index (χ3n) is 4.26. The first-order chi connectivity index (χ1) is 11.2. The largest absolute Gasteiger partial charge is 0.340 e. The van der Waals surface area contributed by atoms with Gasteiger partial charge in [0.15, 0.2) is 0 Å². The van der Waals surface area contributed by atoms with Gasteiger partial charge in [-0.3, -0.25) is 14.5 Å². The summed E-state index contributed by atoms with van der Waals surface area (Å²) in [4.78, 5) is 28.7. The summed E-state index contributed by atoms with van der Waals surface area (Å²) in [7, 11) is 0. The number of hydrogen-bond donors (Lipinski definition) is 1. The van der Waals surface area contributed by atoms with Crippen LogP contribution in [0.2, 0.25) is 5.02 Å². The van der Waals surface area contributed by atoms with Gasteiger partial charge in [-0.05, 0) is 25.1 Å². The third kappa shape index (κ3) is 4.71. The van der Waals surface area contributed by atoms with Crippen molar-refractivity contribution in [1.29, 1.82) is 0 Å². The maximum atomic E-state index is 12.4. The standard InChI is InChI=1S/C18H26ClN3O2/c1-13(16(23)20-15-7-5-6-14(19)12-15)21-8-10-22(11-9-21)17(24)18(2,3)4/h5-7,12-13H,8-11H2,1-4H3,(H,20,23). The molecule has 0 saturated carbocycles. The first-order valence-electron chi connectivity index (χ1n) is 8.28. The van der Waals surface area contributed by atoms with Crippen LogP contribution in [0.1, 0.15) is 27.7 Å². The normalized spacial score (nSPS) is 17.5. The lowest BCUT2D eigenvalue weighted by Crippen LogP contribution is -2.55. The topological polar surface area (TPSA) is 52.7 Å². The molecule has 1 unspecified atom stereocenters. The van der Waals surface area contributed by atoms with Gasteiger partial charge in [-0.15, -0.1) is 0 Å². The monoisotopic (exact) mass is 351 g/mol. The predicted molar refractivity (Wildman–Crippen MR) is 97.2 cm³/mol. The number of nitrogens with one attached hydrogen (secondary N) is 1. The molecule has 5 nitrogen and oxygen atoms in total. The van der Waals surface area contributed by atoms with Crippen LogP contribution in [0.25, 0.3) is 0 Å².